The molecule has 1 aromatic heterocycles. The van der Waals surface area contributed by atoms with Gasteiger partial charge in [0, 0.05) is 19.6 Å². The van der Waals surface area contributed by atoms with E-state index in [4.69, 9.17) is 9.84 Å². The number of aromatic nitrogens is 2. The lowest BCUT2D eigenvalue weighted by Crippen LogP contribution is -2.23. The van der Waals surface area contributed by atoms with Gasteiger partial charge in [0.2, 0.25) is 0 Å². The average Bonchev–Trinajstić information content (AvgIpc) is 2.23. The van der Waals surface area contributed by atoms with Crippen LogP contribution in [-0.2, 0) is 11.2 Å². The number of aromatic carboxylic acids is 1. The van der Waals surface area contributed by atoms with E-state index in [0.29, 0.717) is 25.5 Å². The molecule has 0 bridgehead atoms. The van der Waals surface area contributed by atoms with Gasteiger partial charge in [-0.05, 0) is 20.3 Å². The molecule has 0 saturated heterocycles. The minimum absolute atomic E-state index is 0.243. The number of carboxylic acids is 1. The second-order valence-electron chi connectivity index (χ2n) is 3.58. The van der Waals surface area contributed by atoms with Crippen LogP contribution < -0.4 is 5.56 Å². The molecule has 0 atom stereocenters. The fourth-order valence-electron chi connectivity index (χ4n) is 1.50. The van der Waals surface area contributed by atoms with Crippen molar-refractivity contribution < 1.29 is 14.6 Å². The first-order valence-corrected chi connectivity index (χ1v) is 5.47. The van der Waals surface area contributed by atoms with E-state index in [9.17, 15) is 9.59 Å². The van der Waals surface area contributed by atoms with Gasteiger partial charge in [-0.15, -0.1) is 0 Å². The molecule has 0 radical (unpaired) electrons. The van der Waals surface area contributed by atoms with Crippen molar-refractivity contribution in [3.05, 3.63) is 27.4 Å². The Morgan fingerprint density at radius 3 is 2.76 bits per heavy atom. The summed E-state index contributed by atoms with van der Waals surface area (Å²) >= 11 is 0. The Labute approximate surface area is 98.7 Å². The van der Waals surface area contributed by atoms with Crippen LogP contribution in [0.2, 0.25) is 0 Å². The summed E-state index contributed by atoms with van der Waals surface area (Å²) in [6.45, 7) is 4.68. The first-order chi connectivity index (χ1) is 8.06. The van der Waals surface area contributed by atoms with Crippen LogP contribution in [0.3, 0.4) is 0 Å². The predicted octanol–water partition coefficient (Wildman–Crippen LogP) is 0.746. The van der Waals surface area contributed by atoms with Crippen LogP contribution in [0.5, 0.6) is 0 Å². The van der Waals surface area contributed by atoms with Crippen LogP contribution in [0.15, 0.2) is 4.79 Å². The minimum atomic E-state index is -1.25. The maximum Gasteiger partial charge on any atom is 0.343 e. The topological polar surface area (TPSA) is 92.3 Å². The Kier molecular flexibility index (Phi) is 4.84. The van der Waals surface area contributed by atoms with Gasteiger partial charge in [0.05, 0.1) is 5.69 Å². The average molecular weight is 240 g/mol. The minimum Gasteiger partial charge on any atom is -0.477 e. The third-order valence-corrected chi connectivity index (χ3v) is 2.27. The SMILES string of the molecule is CCOCCCc1nc(C)c(C(=O)O)c(=O)[nH]1. The molecule has 0 aliphatic heterocycles. The molecule has 0 fully saturated rings. The third kappa shape index (κ3) is 3.67. The lowest BCUT2D eigenvalue weighted by molar-refractivity contribution is 0.0693. The molecule has 17 heavy (non-hydrogen) atoms. The molecule has 1 rings (SSSR count). The number of nitrogens with one attached hydrogen (secondary N) is 1. The molecular formula is C11H16N2O4. The molecule has 0 spiro atoms. The number of hydrogen-bond donors (Lipinski definition) is 2. The van der Waals surface area contributed by atoms with Gasteiger partial charge in [-0.2, -0.15) is 0 Å². The van der Waals surface area contributed by atoms with Gasteiger partial charge >= 0.3 is 5.97 Å². The van der Waals surface area contributed by atoms with E-state index < -0.39 is 11.5 Å². The first kappa shape index (κ1) is 13.4. The van der Waals surface area contributed by atoms with Gasteiger partial charge in [-0.1, -0.05) is 0 Å². The first-order valence-electron chi connectivity index (χ1n) is 5.47. The third-order valence-electron chi connectivity index (χ3n) is 2.27. The number of carbonyl (C=O) groups is 1. The van der Waals surface area contributed by atoms with Crippen molar-refractivity contribution in [3.63, 3.8) is 0 Å². The van der Waals surface area contributed by atoms with E-state index in [0.717, 1.165) is 6.42 Å². The summed E-state index contributed by atoms with van der Waals surface area (Å²) in [6, 6.07) is 0. The number of hydrogen-bond acceptors (Lipinski definition) is 4. The zero-order chi connectivity index (χ0) is 12.8. The molecule has 94 valence electrons. The quantitative estimate of drug-likeness (QED) is 0.716. The number of rotatable bonds is 6. The molecule has 0 aliphatic carbocycles. The second kappa shape index (κ2) is 6.15. The zero-order valence-electron chi connectivity index (χ0n) is 9.95. The summed E-state index contributed by atoms with van der Waals surface area (Å²) in [5.41, 5.74) is -0.650. The maximum absolute atomic E-state index is 11.5. The Morgan fingerprint density at radius 1 is 1.53 bits per heavy atom. The van der Waals surface area contributed by atoms with Crippen LogP contribution in [0.25, 0.3) is 0 Å². The highest BCUT2D eigenvalue weighted by molar-refractivity contribution is 5.88. The van der Waals surface area contributed by atoms with E-state index in [1.165, 1.54) is 6.92 Å². The van der Waals surface area contributed by atoms with Gasteiger partial charge in [-0.3, -0.25) is 4.79 Å². The fourth-order valence-corrected chi connectivity index (χ4v) is 1.50. The summed E-state index contributed by atoms with van der Waals surface area (Å²) in [6.07, 6.45) is 1.30. The standard InChI is InChI=1S/C11H16N2O4/c1-3-17-6-4-5-8-12-7(2)9(11(15)16)10(14)13-8/h3-6H2,1-2H3,(H,15,16)(H,12,13,14). The van der Waals surface area contributed by atoms with Crippen LogP contribution in [-0.4, -0.2) is 34.3 Å². The van der Waals surface area contributed by atoms with E-state index in [1.807, 2.05) is 6.92 Å². The van der Waals surface area contributed by atoms with Gasteiger partial charge < -0.3 is 14.8 Å². The van der Waals surface area contributed by atoms with Crippen molar-refractivity contribution in [2.24, 2.45) is 0 Å². The highest BCUT2D eigenvalue weighted by atomic mass is 16.5. The van der Waals surface area contributed by atoms with Gasteiger partial charge in [0.25, 0.3) is 5.56 Å². The van der Waals surface area contributed by atoms with E-state index in [1.54, 1.807) is 0 Å². The zero-order valence-corrected chi connectivity index (χ0v) is 9.95. The highest BCUT2D eigenvalue weighted by Gasteiger charge is 2.14. The number of aromatic amines is 1. The molecule has 0 aromatic carbocycles. The fraction of sp³-hybridized carbons (Fsp3) is 0.545. The predicted molar refractivity (Wildman–Crippen MR) is 61.4 cm³/mol. The van der Waals surface area contributed by atoms with Crippen molar-refractivity contribution in [3.8, 4) is 0 Å². The molecule has 6 nitrogen and oxygen atoms in total. The van der Waals surface area contributed by atoms with E-state index in [-0.39, 0.29) is 11.3 Å². The lowest BCUT2D eigenvalue weighted by atomic mass is 10.2. The number of carboxylic acid groups (broad SMARTS) is 1. The normalized spacial score (nSPS) is 10.5. The molecule has 0 aliphatic rings. The van der Waals surface area contributed by atoms with E-state index >= 15 is 0 Å². The van der Waals surface area contributed by atoms with Gasteiger partial charge in [0.1, 0.15) is 11.4 Å². The molecule has 1 aromatic rings. The second-order valence-corrected chi connectivity index (χ2v) is 3.58. The molecule has 0 saturated carbocycles. The largest absolute Gasteiger partial charge is 0.477 e. The lowest BCUT2D eigenvalue weighted by Gasteiger charge is -2.04. The molecule has 6 heteroatoms. The van der Waals surface area contributed by atoms with Gasteiger partial charge in [-0.25, -0.2) is 9.78 Å². The summed E-state index contributed by atoms with van der Waals surface area (Å²) in [5.74, 6) is -0.755. The van der Waals surface area contributed by atoms with Crippen molar-refractivity contribution in [2.45, 2.75) is 26.7 Å². The van der Waals surface area contributed by atoms with Crippen LogP contribution in [0.1, 0.15) is 35.2 Å². The maximum atomic E-state index is 11.5. The molecule has 0 amide bonds. The Hall–Kier alpha value is -1.69. The summed E-state index contributed by atoms with van der Waals surface area (Å²) in [4.78, 5) is 28.8. The Bertz CT molecular complexity index is 453. The van der Waals surface area contributed by atoms with E-state index in [2.05, 4.69) is 9.97 Å². The summed E-state index contributed by atoms with van der Waals surface area (Å²) in [7, 11) is 0. The molecule has 1 heterocycles. The van der Waals surface area contributed by atoms with Gasteiger partial charge in [0.15, 0.2) is 0 Å². The Morgan fingerprint density at radius 2 is 2.24 bits per heavy atom. The van der Waals surface area contributed by atoms with Crippen LogP contribution in [0.4, 0.5) is 0 Å². The monoisotopic (exact) mass is 240 g/mol. The van der Waals surface area contributed by atoms with Crippen LogP contribution in [0, 0.1) is 6.92 Å². The Balaban J connectivity index is 2.77. The smallest absolute Gasteiger partial charge is 0.343 e. The van der Waals surface area contributed by atoms with Crippen molar-refractivity contribution in [2.75, 3.05) is 13.2 Å². The number of nitrogens with zero attached hydrogens (tertiary/aromatic N) is 1. The van der Waals surface area contributed by atoms with Crippen LogP contribution >= 0.6 is 0 Å². The molecule has 0 unspecified atom stereocenters. The molecular weight excluding hydrogens is 224 g/mol. The molecule has 2 N–H and O–H groups in total. The van der Waals surface area contributed by atoms with Crippen molar-refractivity contribution >= 4 is 5.97 Å². The van der Waals surface area contributed by atoms with Crippen molar-refractivity contribution in [1.82, 2.24) is 9.97 Å². The van der Waals surface area contributed by atoms with Crippen molar-refractivity contribution in [1.29, 1.82) is 0 Å². The summed E-state index contributed by atoms with van der Waals surface area (Å²) < 4.78 is 5.16. The highest BCUT2D eigenvalue weighted by Crippen LogP contribution is 2.01. The summed E-state index contributed by atoms with van der Waals surface area (Å²) in [5, 5.41) is 8.80. The number of H-pyrrole nitrogens is 1. The number of ether oxygens (including phenoxy) is 1. The number of aryl methyl sites for hydroxylation is 2.